The van der Waals surface area contributed by atoms with Crippen LogP contribution in [0.1, 0.15) is 38.7 Å². The van der Waals surface area contributed by atoms with Gasteiger partial charge in [-0.1, -0.05) is 115 Å². The van der Waals surface area contributed by atoms with Crippen LogP contribution in [0.5, 0.6) is 0 Å². The van der Waals surface area contributed by atoms with E-state index in [4.69, 9.17) is 9.97 Å². The Morgan fingerprint density at radius 3 is 1.21 bits per heavy atom. The fraction of sp³-hybridized carbons (Fsp3) is 0.0377. The Bertz CT molecular complexity index is 3340. The van der Waals surface area contributed by atoms with Crippen LogP contribution in [0.3, 0.4) is 0 Å². The molecule has 306 valence electrons. The molecule has 5 aromatic carbocycles. The maximum atomic E-state index is 13.3. The second kappa shape index (κ2) is 16.5. The minimum Gasteiger partial charge on any atom is -0.354 e. The third-order valence-corrected chi connectivity index (χ3v) is 12.1. The van der Waals surface area contributed by atoms with Gasteiger partial charge in [-0.2, -0.15) is 8.42 Å². The third kappa shape index (κ3) is 7.91. The summed E-state index contributed by atoms with van der Waals surface area (Å²) in [6, 6.07) is 52.2. The Labute approximate surface area is 363 Å². The molecule has 2 aliphatic heterocycles. The molecule has 8 nitrogen and oxygen atoms in total. The zero-order chi connectivity index (χ0) is 42.9. The van der Waals surface area contributed by atoms with Gasteiger partial charge in [0.1, 0.15) is 0 Å². The van der Waals surface area contributed by atoms with E-state index in [0.29, 0.717) is 18.5 Å². The van der Waals surface area contributed by atoms with Crippen LogP contribution in [-0.4, -0.2) is 40.8 Å². The summed E-state index contributed by atoms with van der Waals surface area (Å²) in [5, 5.41) is 2.94. The average Bonchev–Trinajstić information content (AvgIpc) is 4.16. The summed E-state index contributed by atoms with van der Waals surface area (Å²) in [6.45, 7) is 0.305. The number of carbonyl (C=O) groups excluding carboxylic acids is 1. The molecular weight excluding hydrogens is 806 g/mol. The molecule has 0 unspecified atom stereocenters. The van der Waals surface area contributed by atoms with Gasteiger partial charge in [-0.25, -0.2) is 9.97 Å². The molecule has 0 spiro atoms. The van der Waals surface area contributed by atoms with E-state index in [1.807, 2.05) is 72.8 Å². The Morgan fingerprint density at radius 1 is 0.476 bits per heavy atom. The molecule has 0 radical (unpaired) electrons. The zero-order valence-corrected chi connectivity index (χ0v) is 34.5. The smallest absolute Gasteiger partial charge is 0.332 e. The van der Waals surface area contributed by atoms with Crippen molar-refractivity contribution < 1.29 is 17.1 Å². The first kappa shape index (κ1) is 39.2. The average molecular weight is 844 g/mol. The Morgan fingerprint density at radius 2 is 0.841 bits per heavy atom. The van der Waals surface area contributed by atoms with Gasteiger partial charge in [0.05, 0.1) is 27.7 Å². The topological polar surface area (TPSA) is 121 Å². The first-order valence-electron chi connectivity index (χ1n) is 20.5. The number of fused-ring (bicyclic) bond motifs is 8. The molecule has 8 bridgehead atoms. The van der Waals surface area contributed by atoms with Crippen molar-refractivity contribution in [3.8, 4) is 44.5 Å². The number of hydrogen-bond acceptors (Lipinski definition) is 5. The Balaban J connectivity index is 1.14. The second-order valence-electron chi connectivity index (χ2n) is 15.3. The van der Waals surface area contributed by atoms with E-state index in [9.17, 15) is 17.1 Å². The zero-order valence-electron chi connectivity index (χ0n) is 33.7. The van der Waals surface area contributed by atoms with E-state index < -0.39 is 15.1 Å². The van der Waals surface area contributed by atoms with Crippen molar-refractivity contribution in [2.75, 3.05) is 6.54 Å². The van der Waals surface area contributed by atoms with Crippen molar-refractivity contribution >= 4 is 62.5 Å². The maximum Gasteiger partial charge on any atom is 0.332 e. The lowest BCUT2D eigenvalue weighted by atomic mass is 10.0. The highest BCUT2D eigenvalue weighted by Crippen LogP contribution is 2.38. The SMILES string of the molecule is O=C(NCCc1ccc(S(=O)(=O)F)cc1)c1ccc(-c2c3nc(c(-c4ccccc4)c4ccc([nH]4)c(-c4ccccc4)c4nc(c(-c5ccccc5)c5ccc2[nH]5)C=C4)C=C3)cc1. The van der Waals surface area contributed by atoms with Crippen LogP contribution in [0.25, 0.3) is 90.9 Å². The molecule has 0 saturated carbocycles. The summed E-state index contributed by atoms with van der Waals surface area (Å²) in [6.07, 6.45) is 8.71. The van der Waals surface area contributed by atoms with Crippen LogP contribution in [0, 0.1) is 0 Å². The van der Waals surface area contributed by atoms with Crippen LogP contribution >= 0.6 is 0 Å². The molecular formula is C53H38FN5O3S. The standard InChI is InChI=1S/C53H38FN5O3S/c54-63(61,62)40-22-16-34(17-23-40)32-33-55-53(60)39-20-18-38(19-21-39)52-47-30-28-45(58-47)50(36-12-6-2-7-13-36)43-26-24-41(56-43)49(35-10-4-1-5-11-35)42-25-27-44(57-42)51(37-14-8-3-9-15-37)46-29-31-48(52)59-46/h1-31,56,59H,32-33H2,(H,55,60). The lowest BCUT2D eigenvalue weighted by Gasteiger charge is -2.08. The van der Waals surface area contributed by atoms with Gasteiger partial charge in [-0.3, -0.25) is 4.79 Å². The number of benzene rings is 5. The van der Waals surface area contributed by atoms with Crippen molar-refractivity contribution in [3.63, 3.8) is 0 Å². The van der Waals surface area contributed by atoms with Gasteiger partial charge in [0.25, 0.3) is 5.91 Å². The number of aromatic amines is 2. The number of amides is 1. The molecule has 3 aromatic heterocycles. The molecule has 0 aliphatic carbocycles. The predicted octanol–water partition coefficient (Wildman–Crippen LogP) is 12.0. The summed E-state index contributed by atoms with van der Waals surface area (Å²) >= 11 is 0. The van der Waals surface area contributed by atoms with E-state index in [1.54, 1.807) is 24.3 Å². The Hall–Kier alpha value is -7.95. The lowest BCUT2D eigenvalue weighted by molar-refractivity contribution is 0.0954. The number of rotatable bonds is 9. The van der Waals surface area contributed by atoms with Gasteiger partial charge in [-0.05, 0) is 107 Å². The molecule has 2 aliphatic rings. The number of nitrogens with zero attached hydrogens (tertiary/aromatic N) is 2. The number of carbonyl (C=O) groups is 1. The molecule has 3 N–H and O–H groups in total. The molecule has 63 heavy (non-hydrogen) atoms. The second-order valence-corrected chi connectivity index (χ2v) is 16.6. The molecule has 5 heterocycles. The summed E-state index contributed by atoms with van der Waals surface area (Å²) < 4.78 is 35.8. The molecule has 10 heteroatoms. The fourth-order valence-electron chi connectivity index (χ4n) is 8.26. The van der Waals surface area contributed by atoms with E-state index in [-0.39, 0.29) is 5.91 Å². The van der Waals surface area contributed by atoms with Crippen molar-refractivity contribution in [3.05, 3.63) is 198 Å². The summed E-state index contributed by atoms with van der Waals surface area (Å²) in [4.78, 5) is 31.2. The maximum absolute atomic E-state index is 13.3. The van der Waals surface area contributed by atoms with Gasteiger partial charge in [0.2, 0.25) is 0 Å². The molecule has 1 amide bonds. The van der Waals surface area contributed by atoms with Crippen molar-refractivity contribution in [1.29, 1.82) is 0 Å². The highest BCUT2D eigenvalue weighted by atomic mass is 32.3. The predicted molar refractivity (Wildman–Crippen MR) is 251 cm³/mol. The van der Waals surface area contributed by atoms with E-state index in [1.165, 1.54) is 12.1 Å². The molecule has 0 saturated heterocycles. The van der Waals surface area contributed by atoms with Crippen LogP contribution in [-0.2, 0) is 16.6 Å². The number of aromatic nitrogens is 4. The summed E-state index contributed by atoms with van der Waals surface area (Å²) in [5.41, 5.74) is 15.7. The van der Waals surface area contributed by atoms with Gasteiger partial charge >= 0.3 is 10.2 Å². The fourth-order valence-corrected chi connectivity index (χ4v) is 8.73. The van der Waals surface area contributed by atoms with Crippen LogP contribution in [0.4, 0.5) is 3.89 Å². The first-order valence-corrected chi connectivity index (χ1v) is 21.9. The number of nitrogens with one attached hydrogen (secondary N) is 3. The summed E-state index contributed by atoms with van der Waals surface area (Å²) in [7, 11) is -4.78. The van der Waals surface area contributed by atoms with E-state index >= 15 is 0 Å². The lowest BCUT2D eigenvalue weighted by Crippen LogP contribution is -2.25. The highest BCUT2D eigenvalue weighted by molar-refractivity contribution is 7.86. The first-order chi connectivity index (χ1) is 30.8. The highest BCUT2D eigenvalue weighted by Gasteiger charge is 2.19. The monoisotopic (exact) mass is 843 g/mol. The van der Waals surface area contributed by atoms with Gasteiger partial charge in [0, 0.05) is 56.4 Å². The Kier molecular flexibility index (Phi) is 10.3. The number of halogens is 1. The number of H-pyrrole nitrogens is 2. The van der Waals surface area contributed by atoms with E-state index in [2.05, 4.69) is 94.2 Å². The molecule has 10 rings (SSSR count). The van der Waals surface area contributed by atoms with Crippen molar-refractivity contribution in [1.82, 2.24) is 25.3 Å². The van der Waals surface area contributed by atoms with Gasteiger partial charge in [0.15, 0.2) is 0 Å². The van der Waals surface area contributed by atoms with Crippen LogP contribution < -0.4 is 5.32 Å². The van der Waals surface area contributed by atoms with Crippen molar-refractivity contribution in [2.45, 2.75) is 11.3 Å². The van der Waals surface area contributed by atoms with E-state index in [0.717, 1.165) is 94.9 Å². The summed E-state index contributed by atoms with van der Waals surface area (Å²) in [5.74, 6) is -0.257. The van der Waals surface area contributed by atoms with Gasteiger partial charge < -0.3 is 15.3 Å². The normalized spacial score (nSPS) is 12.1. The van der Waals surface area contributed by atoms with Crippen LogP contribution in [0.2, 0.25) is 0 Å². The number of hydrogen-bond donors (Lipinski definition) is 3. The quantitative estimate of drug-likeness (QED) is 0.125. The van der Waals surface area contributed by atoms with Crippen LogP contribution in [0.15, 0.2) is 169 Å². The molecule has 0 fully saturated rings. The van der Waals surface area contributed by atoms with Crippen molar-refractivity contribution in [2.24, 2.45) is 0 Å². The largest absolute Gasteiger partial charge is 0.354 e. The molecule has 0 atom stereocenters. The van der Waals surface area contributed by atoms with Gasteiger partial charge in [-0.15, -0.1) is 3.89 Å². The third-order valence-electron chi connectivity index (χ3n) is 11.3. The molecule has 8 aromatic rings. The minimum atomic E-state index is -4.78. The minimum absolute atomic E-state index is 0.257.